The topological polar surface area (TPSA) is 50.7 Å². The Bertz CT molecular complexity index is 613. The van der Waals surface area contributed by atoms with E-state index in [2.05, 4.69) is 47.7 Å². The van der Waals surface area contributed by atoms with Gasteiger partial charge in [-0.2, -0.15) is 10.2 Å². The highest BCUT2D eigenvalue weighted by molar-refractivity contribution is 7.09. The summed E-state index contributed by atoms with van der Waals surface area (Å²) in [5, 5.41) is 15.0. The van der Waals surface area contributed by atoms with Crippen molar-refractivity contribution in [1.29, 1.82) is 0 Å². The van der Waals surface area contributed by atoms with Crippen LogP contribution in [0.25, 0.3) is 0 Å². The van der Waals surface area contributed by atoms with Crippen molar-refractivity contribution in [3.05, 3.63) is 39.1 Å². The first-order chi connectivity index (χ1) is 9.81. The largest absolute Gasteiger partial charge is 0.313 e. The SMILES string of the molecule is CNC(Cc1nc(C(C)(C)C)cs1)c1cc(C)nnc1C. The highest BCUT2D eigenvalue weighted by Crippen LogP contribution is 2.27. The zero-order valence-electron chi connectivity index (χ0n) is 13.7. The van der Waals surface area contributed by atoms with Gasteiger partial charge in [0.15, 0.2) is 0 Å². The number of hydrogen-bond donors (Lipinski definition) is 1. The minimum Gasteiger partial charge on any atom is -0.313 e. The van der Waals surface area contributed by atoms with E-state index in [1.165, 1.54) is 5.56 Å². The molecule has 1 unspecified atom stereocenters. The van der Waals surface area contributed by atoms with Crippen LogP contribution in [0.4, 0.5) is 0 Å². The van der Waals surface area contributed by atoms with Gasteiger partial charge in [-0.05, 0) is 32.5 Å². The zero-order chi connectivity index (χ0) is 15.6. The zero-order valence-corrected chi connectivity index (χ0v) is 14.5. The summed E-state index contributed by atoms with van der Waals surface area (Å²) in [5.41, 5.74) is 4.41. The quantitative estimate of drug-likeness (QED) is 0.941. The van der Waals surface area contributed by atoms with Crippen molar-refractivity contribution in [3.8, 4) is 0 Å². The highest BCUT2D eigenvalue weighted by Gasteiger charge is 2.20. The van der Waals surface area contributed by atoms with Crippen molar-refractivity contribution in [2.24, 2.45) is 0 Å². The number of nitrogens with zero attached hydrogens (tertiary/aromatic N) is 3. The number of thiazole rings is 1. The van der Waals surface area contributed by atoms with Crippen molar-refractivity contribution in [1.82, 2.24) is 20.5 Å². The molecule has 1 atom stereocenters. The number of aromatic nitrogens is 3. The van der Waals surface area contributed by atoms with Gasteiger partial charge in [-0.3, -0.25) is 0 Å². The predicted molar refractivity (Wildman–Crippen MR) is 87.8 cm³/mol. The van der Waals surface area contributed by atoms with E-state index in [9.17, 15) is 0 Å². The number of rotatable bonds is 4. The van der Waals surface area contributed by atoms with Gasteiger partial charge in [0.1, 0.15) is 0 Å². The van der Waals surface area contributed by atoms with Crippen LogP contribution in [0.5, 0.6) is 0 Å². The fourth-order valence-electron chi connectivity index (χ4n) is 2.21. The second-order valence-electron chi connectivity index (χ2n) is 6.45. The Morgan fingerprint density at radius 3 is 2.52 bits per heavy atom. The van der Waals surface area contributed by atoms with E-state index in [4.69, 9.17) is 4.98 Å². The number of likely N-dealkylation sites (N-methyl/N-ethyl adjacent to an activating group) is 1. The van der Waals surface area contributed by atoms with Gasteiger partial charge in [-0.25, -0.2) is 4.98 Å². The van der Waals surface area contributed by atoms with Crippen molar-refractivity contribution in [2.75, 3.05) is 7.05 Å². The van der Waals surface area contributed by atoms with Crippen LogP contribution >= 0.6 is 11.3 Å². The second-order valence-corrected chi connectivity index (χ2v) is 7.39. The first kappa shape index (κ1) is 16.0. The molecule has 2 heterocycles. The molecule has 1 N–H and O–H groups in total. The molecule has 2 aromatic heterocycles. The van der Waals surface area contributed by atoms with Gasteiger partial charge in [0.05, 0.1) is 22.1 Å². The monoisotopic (exact) mass is 304 g/mol. The maximum Gasteiger partial charge on any atom is 0.0947 e. The number of nitrogens with one attached hydrogen (secondary N) is 1. The first-order valence-electron chi connectivity index (χ1n) is 7.24. The third-order valence-corrected chi connectivity index (χ3v) is 4.43. The lowest BCUT2D eigenvalue weighted by atomic mass is 9.93. The summed E-state index contributed by atoms with van der Waals surface area (Å²) < 4.78 is 0. The minimum atomic E-state index is 0.106. The van der Waals surface area contributed by atoms with E-state index < -0.39 is 0 Å². The average molecular weight is 304 g/mol. The van der Waals surface area contributed by atoms with Crippen LogP contribution in [-0.4, -0.2) is 22.2 Å². The summed E-state index contributed by atoms with van der Waals surface area (Å²) in [5.74, 6) is 0. The van der Waals surface area contributed by atoms with Crippen LogP contribution in [0.15, 0.2) is 11.4 Å². The molecule has 0 amide bonds. The average Bonchev–Trinajstić information content (AvgIpc) is 2.87. The molecule has 0 saturated carbocycles. The fourth-order valence-corrected chi connectivity index (χ4v) is 3.28. The Labute approximate surface area is 131 Å². The van der Waals surface area contributed by atoms with Crippen molar-refractivity contribution < 1.29 is 0 Å². The molecule has 4 nitrogen and oxygen atoms in total. The lowest BCUT2D eigenvalue weighted by molar-refractivity contribution is 0.557. The molecule has 0 aliphatic carbocycles. The van der Waals surface area contributed by atoms with Gasteiger partial charge in [-0.15, -0.1) is 11.3 Å². The Morgan fingerprint density at radius 1 is 1.24 bits per heavy atom. The van der Waals surface area contributed by atoms with Crippen LogP contribution in [0, 0.1) is 13.8 Å². The molecule has 0 aliphatic heterocycles. The van der Waals surface area contributed by atoms with Crippen LogP contribution < -0.4 is 5.32 Å². The Kier molecular flexibility index (Phi) is 4.74. The number of aryl methyl sites for hydroxylation is 2. The lowest BCUT2D eigenvalue weighted by Crippen LogP contribution is -2.21. The predicted octanol–water partition coefficient (Wildman–Crippen LogP) is 3.35. The molecule has 0 bridgehead atoms. The molecule has 0 spiro atoms. The van der Waals surface area contributed by atoms with Gasteiger partial charge < -0.3 is 5.32 Å². The molecule has 114 valence electrons. The van der Waals surface area contributed by atoms with E-state index in [1.54, 1.807) is 11.3 Å². The van der Waals surface area contributed by atoms with Gasteiger partial charge in [0, 0.05) is 23.3 Å². The summed E-state index contributed by atoms with van der Waals surface area (Å²) in [6.45, 7) is 10.6. The normalized spacial score (nSPS) is 13.4. The molecule has 0 fully saturated rings. The van der Waals surface area contributed by atoms with Crippen LogP contribution in [0.1, 0.15) is 54.5 Å². The smallest absolute Gasteiger partial charge is 0.0947 e. The van der Waals surface area contributed by atoms with E-state index in [1.807, 2.05) is 20.9 Å². The third kappa shape index (κ3) is 3.86. The van der Waals surface area contributed by atoms with Gasteiger partial charge >= 0.3 is 0 Å². The molecule has 0 radical (unpaired) electrons. The van der Waals surface area contributed by atoms with Gasteiger partial charge in [-0.1, -0.05) is 20.8 Å². The lowest BCUT2D eigenvalue weighted by Gasteiger charge is -2.18. The molecule has 0 aromatic carbocycles. The Morgan fingerprint density at radius 2 is 1.95 bits per heavy atom. The molecular weight excluding hydrogens is 280 g/mol. The molecule has 2 aromatic rings. The Balaban J connectivity index is 2.23. The summed E-state index contributed by atoms with van der Waals surface area (Å²) in [4.78, 5) is 4.79. The van der Waals surface area contributed by atoms with E-state index >= 15 is 0 Å². The van der Waals surface area contributed by atoms with Gasteiger partial charge in [0.2, 0.25) is 0 Å². The minimum absolute atomic E-state index is 0.106. The van der Waals surface area contributed by atoms with Crippen molar-refractivity contribution in [2.45, 2.75) is 52.5 Å². The second kappa shape index (κ2) is 6.20. The van der Waals surface area contributed by atoms with E-state index in [0.29, 0.717) is 0 Å². The van der Waals surface area contributed by atoms with Crippen molar-refractivity contribution in [3.63, 3.8) is 0 Å². The van der Waals surface area contributed by atoms with Gasteiger partial charge in [0.25, 0.3) is 0 Å². The van der Waals surface area contributed by atoms with Crippen LogP contribution in [-0.2, 0) is 11.8 Å². The van der Waals surface area contributed by atoms with Crippen molar-refractivity contribution >= 4 is 11.3 Å². The maximum absolute atomic E-state index is 4.79. The summed E-state index contributed by atoms with van der Waals surface area (Å²) in [6, 6.07) is 2.33. The highest BCUT2D eigenvalue weighted by atomic mass is 32.1. The molecular formula is C16H24N4S. The molecule has 21 heavy (non-hydrogen) atoms. The summed E-state index contributed by atoms with van der Waals surface area (Å²) >= 11 is 1.74. The summed E-state index contributed by atoms with van der Waals surface area (Å²) in [6.07, 6.45) is 0.878. The standard InChI is InChI=1S/C16H24N4S/c1-10-7-12(11(2)20-19-10)13(17-6)8-15-18-14(9-21-15)16(3,4)5/h7,9,13,17H,8H2,1-6H3. The van der Waals surface area contributed by atoms with E-state index in [0.717, 1.165) is 28.5 Å². The Hall–Kier alpha value is -1.33. The molecule has 0 aliphatic rings. The first-order valence-corrected chi connectivity index (χ1v) is 8.12. The molecule has 0 saturated heterocycles. The maximum atomic E-state index is 4.79. The molecule has 2 rings (SSSR count). The summed E-state index contributed by atoms with van der Waals surface area (Å²) in [7, 11) is 1.98. The van der Waals surface area contributed by atoms with E-state index in [-0.39, 0.29) is 11.5 Å². The number of hydrogen-bond acceptors (Lipinski definition) is 5. The van der Waals surface area contributed by atoms with Crippen LogP contribution in [0.3, 0.4) is 0 Å². The molecule has 5 heteroatoms. The third-order valence-electron chi connectivity index (χ3n) is 3.56. The van der Waals surface area contributed by atoms with Crippen LogP contribution in [0.2, 0.25) is 0 Å². The fraction of sp³-hybridized carbons (Fsp3) is 0.562.